The highest BCUT2D eigenvalue weighted by atomic mass is 79.9. The maximum atomic E-state index is 13.6. The van der Waals surface area contributed by atoms with Crippen LogP contribution in [-0.4, -0.2) is 16.8 Å². The minimum atomic E-state index is -0.679. The summed E-state index contributed by atoms with van der Waals surface area (Å²) >= 11 is 8.94. The number of rotatable bonds is 4. The van der Waals surface area contributed by atoms with Crippen molar-refractivity contribution in [1.29, 1.82) is 0 Å². The Morgan fingerprint density at radius 3 is 2.76 bits per heavy atom. The lowest BCUT2D eigenvalue weighted by Gasteiger charge is -2.25. The van der Waals surface area contributed by atoms with E-state index in [1.807, 2.05) is 13.8 Å². The molecule has 0 heterocycles. The molecule has 94 valence electrons. The molecule has 1 rings (SSSR count). The molecular formula is C12H14BrClFNO. The molecule has 1 N–H and O–H groups in total. The molecule has 0 spiro atoms. The van der Waals surface area contributed by atoms with Crippen molar-refractivity contribution < 1.29 is 9.18 Å². The van der Waals surface area contributed by atoms with E-state index in [1.165, 1.54) is 12.1 Å². The zero-order chi connectivity index (χ0) is 13.1. The molecule has 2 nitrogen and oxygen atoms in total. The second-order valence-corrected chi connectivity index (χ2v) is 5.58. The van der Waals surface area contributed by atoms with Crippen LogP contribution >= 0.6 is 27.5 Å². The molecule has 0 saturated carbocycles. The monoisotopic (exact) mass is 321 g/mol. The number of hydrogen-bond donors (Lipinski definition) is 1. The maximum absolute atomic E-state index is 13.6. The maximum Gasteiger partial charge on any atom is 0.254 e. The molecule has 17 heavy (non-hydrogen) atoms. The summed E-state index contributed by atoms with van der Waals surface area (Å²) in [6.07, 6.45) is 0.751. The van der Waals surface area contributed by atoms with Gasteiger partial charge in [-0.05, 0) is 32.4 Å². The number of alkyl halides is 1. The summed E-state index contributed by atoms with van der Waals surface area (Å²) in [7, 11) is 0. The van der Waals surface area contributed by atoms with Crippen molar-refractivity contribution in [2.75, 3.05) is 5.33 Å². The fourth-order valence-electron chi connectivity index (χ4n) is 1.35. The van der Waals surface area contributed by atoms with E-state index in [4.69, 9.17) is 11.6 Å². The first-order valence-corrected chi connectivity index (χ1v) is 6.70. The number of carbonyl (C=O) groups is 1. The molecule has 0 radical (unpaired) electrons. The Labute approximate surface area is 114 Å². The third-order valence-electron chi connectivity index (χ3n) is 2.37. The van der Waals surface area contributed by atoms with Crippen LogP contribution < -0.4 is 5.32 Å². The Balaban J connectivity index is 2.87. The smallest absolute Gasteiger partial charge is 0.254 e. The molecule has 0 bridgehead atoms. The first-order valence-electron chi connectivity index (χ1n) is 5.20. The lowest BCUT2D eigenvalue weighted by atomic mass is 10.0. The van der Waals surface area contributed by atoms with Gasteiger partial charge in [0.05, 0.1) is 10.6 Å². The number of hydrogen-bond acceptors (Lipinski definition) is 1. The normalized spacial score (nSPS) is 11.4. The fraction of sp³-hybridized carbons (Fsp3) is 0.417. The van der Waals surface area contributed by atoms with Gasteiger partial charge in [-0.3, -0.25) is 4.79 Å². The van der Waals surface area contributed by atoms with E-state index in [0.29, 0.717) is 0 Å². The van der Waals surface area contributed by atoms with Gasteiger partial charge in [-0.25, -0.2) is 4.39 Å². The molecule has 0 aromatic heterocycles. The molecule has 1 amide bonds. The number of carbonyl (C=O) groups excluding carboxylic acids is 1. The van der Waals surface area contributed by atoms with Crippen molar-refractivity contribution in [3.8, 4) is 0 Å². The van der Waals surface area contributed by atoms with Crippen molar-refractivity contribution in [2.24, 2.45) is 0 Å². The predicted octanol–water partition coefficient (Wildman–Crippen LogP) is 3.77. The van der Waals surface area contributed by atoms with Gasteiger partial charge in [0.15, 0.2) is 5.82 Å². The number of benzene rings is 1. The van der Waals surface area contributed by atoms with E-state index in [1.54, 1.807) is 6.07 Å². The largest absolute Gasteiger partial charge is 0.347 e. The third-order valence-corrected chi connectivity index (χ3v) is 3.06. The highest BCUT2D eigenvalue weighted by Gasteiger charge is 2.22. The number of amides is 1. The molecule has 0 fully saturated rings. The molecule has 1 aromatic carbocycles. The predicted molar refractivity (Wildman–Crippen MR) is 71.4 cm³/mol. The molecule has 0 unspecified atom stereocenters. The highest BCUT2D eigenvalue weighted by molar-refractivity contribution is 9.09. The molecule has 1 aromatic rings. The van der Waals surface area contributed by atoms with Crippen LogP contribution in [0.5, 0.6) is 0 Å². The van der Waals surface area contributed by atoms with E-state index in [9.17, 15) is 9.18 Å². The van der Waals surface area contributed by atoms with E-state index >= 15 is 0 Å². The zero-order valence-corrected chi connectivity index (χ0v) is 12.0. The lowest BCUT2D eigenvalue weighted by Crippen LogP contribution is -2.44. The Bertz CT molecular complexity index is 423. The number of halogens is 3. The Hall–Kier alpha value is -0.610. The van der Waals surface area contributed by atoms with Crippen LogP contribution in [0.1, 0.15) is 30.6 Å². The molecule has 0 saturated heterocycles. The Kier molecular flexibility index (Phi) is 4.95. The van der Waals surface area contributed by atoms with E-state index in [-0.39, 0.29) is 10.6 Å². The molecular weight excluding hydrogens is 308 g/mol. The Morgan fingerprint density at radius 1 is 1.53 bits per heavy atom. The van der Waals surface area contributed by atoms with Gasteiger partial charge in [-0.2, -0.15) is 0 Å². The molecule has 0 aliphatic heterocycles. The second kappa shape index (κ2) is 5.83. The van der Waals surface area contributed by atoms with Gasteiger partial charge in [0, 0.05) is 10.9 Å². The standard InChI is InChI=1S/C12H14BrClFNO/c1-12(2,6-7-13)16-11(17)8-4-3-5-9(14)10(8)15/h3-5H,6-7H2,1-2H3,(H,16,17). The van der Waals surface area contributed by atoms with Crippen LogP contribution in [0.2, 0.25) is 5.02 Å². The molecule has 5 heteroatoms. The van der Waals surface area contributed by atoms with Crippen LogP contribution in [0.4, 0.5) is 4.39 Å². The van der Waals surface area contributed by atoms with Crippen molar-refractivity contribution in [2.45, 2.75) is 25.8 Å². The molecule has 0 atom stereocenters. The summed E-state index contributed by atoms with van der Waals surface area (Å²) in [5.41, 5.74) is -0.421. The summed E-state index contributed by atoms with van der Waals surface area (Å²) in [6.45, 7) is 3.77. The van der Waals surface area contributed by atoms with E-state index in [0.717, 1.165) is 11.8 Å². The lowest BCUT2D eigenvalue weighted by molar-refractivity contribution is 0.0908. The average molecular weight is 323 g/mol. The van der Waals surface area contributed by atoms with Crippen LogP contribution in [-0.2, 0) is 0 Å². The highest BCUT2D eigenvalue weighted by Crippen LogP contribution is 2.19. The summed E-state index contributed by atoms with van der Waals surface area (Å²) < 4.78 is 13.6. The van der Waals surface area contributed by atoms with Gasteiger partial charge in [0.25, 0.3) is 5.91 Å². The van der Waals surface area contributed by atoms with Gasteiger partial charge in [-0.15, -0.1) is 0 Å². The summed E-state index contributed by atoms with van der Waals surface area (Å²) in [4.78, 5) is 11.9. The van der Waals surface area contributed by atoms with Crippen LogP contribution in [0.3, 0.4) is 0 Å². The first kappa shape index (κ1) is 14.5. The van der Waals surface area contributed by atoms with Gasteiger partial charge in [0.1, 0.15) is 0 Å². The van der Waals surface area contributed by atoms with Crippen molar-refractivity contribution in [3.63, 3.8) is 0 Å². The van der Waals surface area contributed by atoms with Crippen LogP contribution in [0.25, 0.3) is 0 Å². The second-order valence-electron chi connectivity index (χ2n) is 4.38. The van der Waals surface area contributed by atoms with Gasteiger partial charge in [0.2, 0.25) is 0 Å². The minimum absolute atomic E-state index is 0.0276. The van der Waals surface area contributed by atoms with E-state index in [2.05, 4.69) is 21.2 Å². The summed E-state index contributed by atoms with van der Waals surface area (Å²) in [6, 6.07) is 4.38. The van der Waals surface area contributed by atoms with Crippen molar-refractivity contribution in [1.82, 2.24) is 5.32 Å². The van der Waals surface area contributed by atoms with Gasteiger partial charge < -0.3 is 5.32 Å². The van der Waals surface area contributed by atoms with E-state index < -0.39 is 17.3 Å². The Morgan fingerprint density at radius 2 is 2.18 bits per heavy atom. The van der Waals surface area contributed by atoms with Crippen LogP contribution in [0.15, 0.2) is 18.2 Å². The zero-order valence-electron chi connectivity index (χ0n) is 9.69. The van der Waals surface area contributed by atoms with Crippen molar-refractivity contribution in [3.05, 3.63) is 34.6 Å². The fourth-order valence-corrected chi connectivity index (χ4v) is 2.52. The van der Waals surface area contributed by atoms with Gasteiger partial charge in [-0.1, -0.05) is 33.6 Å². The quantitative estimate of drug-likeness (QED) is 0.840. The van der Waals surface area contributed by atoms with Crippen LogP contribution in [0, 0.1) is 5.82 Å². The summed E-state index contributed by atoms with van der Waals surface area (Å²) in [5, 5.41) is 3.49. The number of nitrogens with one attached hydrogen (secondary N) is 1. The topological polar surface area (TPSA) is 29.1 Å². The van der Waals surface area contributed by atoms with Crippen molar-refractivity contribution >= 4 is 33.4 Å². The third kappa shape index (κ3) is 3.96. The van der Waals surface area contributed by atoms with Gasteiger partial charge >= 0.3 is 0 Å². The molecule has 0 aliphatic rings. The minimum Gasteiger partial charge on any atom is -0.347 e. The average Bonchev–Trinajstić information content (AvgIpc) is 2.21. The summed E-state index contributed by atoms with van der Waals surface area (Å²) in [5.74, 6) is -1.13. The SMILES string of the molecule is CC(C)(CCBr)NC(=O)c1cccc(Cl)c1F. The first-order chi connectivity index (χ1) is 7.87. The molecule has 0 aliphatic carbocycles.